The molecule has 2 heterocycles. The van der Waals surface area contributed by atoms with Crippen LogP contribution in [0.15, 0.2) is 30.7 Å². The van der Waals surface area contributed by atoms with Gasteiger partial charge in [-0.3, -0.25) is 4.68 Å². The minimum Gasteiger partial charge on any atom is -0.347 e. The van der Waals surface area contributed by atoms with Gasteiger partial charge in [0.25, 0.3) is 0 Å². The van der Waals surface area contributed by atoms with Gasteiger partial charge in [-0.1, -0.05) is 0 Å². The molecule has 2 N–H and O–H groups in total. The molecule has 80 valence electrons. The molecular formula is C11H16N4. The van der Waals surface area contributed by atoms with Crippen molar-refractivity contribution in [3.8, 4) is 0 Å². The second-order valence-electron chi connectivity index (χ2n) is 3.69. The Balaban J connectivity index is 2.13. The van der Waals surface area contributed by atoms with Crippen molar-refractivity contribution >= 4 is 0 Å². The molecule has 0 aliphatic heterocycles. The van der Waals surface area contributed by atoms with Crippen molar-refractivity contribution in [2.24, 2.45) is 12.8 Å². The highest BCUT2D eigenvalue weighted by Gasteiger charge is 2.02. The van der Waals surface area contributed by atoms with Gasteiger partial charge in [-0.15, -0.1) is 0 Å². The molecule has 2 aromatic rings. The number of aryl methyl sites for hydroxylation is 1. The van der Waals surface area contributed by atoms with Gasteiger partial charge in [-0.25, -0.2) is 0 Å². The van der Waals surface area contributed by atoms with Crippen LogP contribution in [0.5, 0.6) is 0 Å². The van der Waals surface area contributed by atoms with Gasteiger partial charge in [0.05, 0.1) is 12.7 Å². The molecule has 0 atom stereocenters. The quantitative estimate of drug-likeness (QED) is 0.799. The molecule has 0 amide bonds. The van der Waals surface area contributed by atoms with Crippen LogP contribution in [-0.2, 0) is 20.0 Å². The van der Waals surface area contributed by atoms with Gasteiger partial charge in [0.1, 0.15) is 0 Å². The van der Waals surface area contributed by atoms with E-state index in [2.05, 4.69) is 28.0 Å². The Morgan fingerprint density at radius 2 is 2.33 bits per heavy atom. The van der Waals surface area contributed by atoms with Crippen molar-refractivity contribution in [1.29, 1.82) is 0 Å². The molecular weight excluding hydrogens is 188 g/mol. The summed E-state index contributed by atoms with van der Waals surface area (Å²) in [5.74, 6) is 0. The summed E-state index contributed by atoms with van der Waals surface area (Å²) < 4.78 is 4.03. The Morgan fingerprint density at radius 3 is 3.00 bits per heavy atom. The van der Waals surface area contributed by atoms with E-state index in [9.17, 15) is 0 Å². The summed E-state index contributed by atoms with van der Waals surface area (Å²) in [7, 11) is 1.93. The lowest BCUT2D eigenvalue weighted by molar-refractivity contribution is 0.732. The summed E-state index contributed by atoms with van der Waals surface area (Å²) >= 11 is 0. The predicted octanol–water partition coefficient (Wildman–Crippen LogP) is 0.771. The molecule has 0 radical (unpaired) electrons. The van der Waals surface area contributed by atoms with Gasteiger partial charge in [-0.2, -0.15) is 5.10 Å². The van der Waals surface area contributed by atoms with Gasteiger partial charge in [0.15, 0.2) is 0 Å². The normalized spacial score (nSPS) is 10.8. The Hall–Kier alpha value is -1.55. The minimum absolute atomic E-state index is 0.692. The predicted molar refractivity (Wildman–Crippen MR) is 59.5 cm³/mol. The SMILES string of the molecule is Cn1cc(Cn2cccc2CCN)cn1. The van der Waals surface area contributed by atoms with E-state index < -0.39 is 0 Å². The zero-order valence-corrected chi connectivity index (χ0v) is 8.93. The zero-order valence-electron chi connectivity index (χ0n) is 8.93. The van der Waals surface area contributed by atoms with Crippen molar-refractivity contribution in [2.75, 3.05) is 6.54 Å². The highest BCUT2D eigenvalue weighted by molar-refractivity contribution is 5.12. The van der Waals surface area contributed by atoms with Crippen LogP contribution >= 0.6 is 0 Å². The molecule has 0 saturated heterocycles. The van der Waals surface area contributed by atoms with Crippen LogP contribution < -0.4 is 5.73 Å². The van der Waals surface area contributed by atoms with E-state index >= 15 is 0 Å². The van der Waals surface area contributed by atoms with Crippen molar-refractivity contribution < 1.29 is 0 Å². The molecule has 0 unspecified atom stereocenters. The van der Waals surface area contributed by atoms with E-state index in [4.69, 9.17) is 5.73 Å². The molecule has 0 spiro atoms. The van der Waals surface area contributed by atoms with E-state index in [0.717, 1.165) is 13.0 Å². The summed E-state index contributed by atoms with van der Waals surface area (Å²) in [5.41, 5.74) is 8.05. The molecule has 0 saturated carbocycles. The maximum atomic E-state index is 5.56. The summed E-state index contributed by atoms with van der Waals surface area (Å²) in [6, 6.07) is 4.17. The molecule has 15 heavy (non-hydrogen) atoms. The molecule has 4 nitrogen and oxygen atoms in total. The summed E-state index contributed by atoms with van der Waals surface area (Å²) in [4.78, 5) is 0. The van der Waals surface area contributed by atoms with Gasteiger partial charge >= 0.3 is 0 Å². The average molecular weight is 204 g/mol. The lowest BCUT2D eigenvalue weighted by Crippen LogP contribution is -2.08. The lowest BCUT2D eigenvalue weighted by Gasteiger charge is -2.06. The van der Waals surface area contributed by atoms with Gasteiger partial charge in [0.2, 0.25) is 0 Å². The van der Waals surface area contributed by atoms with E-state index in [1.807, 2.05) is 24.1 Å². The van der Waals surface area contributed by atoms with Crippen LogP contribution in [0.25, 0.3) is 0 Å². The molecule has 0 aliphatic carbocycles. The van der Waals surface area contributed by atoms with Crippen molar-refractivity contribution in [3.05, 3.63) is 42.0 Å². The highest BCUT2D eigenvalue weighted by Crippen LogP contribution is 2.07. The molecule has 2 rings (SSSR count). The highest BCUT2D eigenvalue weighted by atomic mass is 15.2. The number of rotatable bonds is 4. The molecule has 0 aromatic carbocycles. The van der Waals surface area contributed by atoms with Crippen LogP contribution in [0.2, 0.25) is 0 Å². The van der Waals surface area contributed by atoms with Crippen LogP contribution in [0.3, 0.4) is 0 Å². The molecule has 0 bridgehead atoms. The Morgan fingerprint density at radius 1 is 1.47 bits per heavy atom. The van der Waals surface area contributed by atoms with Gasteiger partial charge < -0.3 is 10.3 Å². The first-order valence-corrected chi connectivity index (χ1v) is 5.11. The molecule has 0 fully saturated rings. The summed E-state index contributed by atoms with van der Waals surface area (Å²) in [5, 5.41) is 4.15. The van der Waals surface area contributed by atoms with Crippen LogP contribution in [0.4, 0.5) is 0 Å². The Labute approximate surface area is 89.3 Å². The maximum absolute atomic E-state index is 5.56. The summed E-state index contributed by atoms with van der Waals surface area (Å²) in [6.45, 7) is 1.56. The number of hydrogen-bond donors (Lipinski definition) is 1. The average Bonchev–Trinajstić information content (AvgIpc) is 2.78. The fourth-order valence-electron chi connectivity index (χ4n) is 1.73. The van der Waals surface area contributed by atoms with Gasteiger partial charge in [0, 0.05) is 30.7 Å². The fraction of sp³-hybridized carbons (Fsp3) is 0.364. The number of hydrogen-bond acceptors (Lipinski definition) is 2. The second-order valence-corrected chi connectivity index (χ2v) is 3.69. The molecule has 2 aromatic heterocycles. The third-order valence-electron chi connectivity index (χ3n) is 2.44. The standard InChI is InChI=1S/C11H16N4/c1-14-8-10(7-13-14)9-15-6-2-3-11(15)4-5-12/h2-3,6-8H,4-5,9,12H2,1H3. The van der Waals surface area contributed by atoms with Crippen molar-refractivity contribution in [2.45, 2.75) is 13.0 Å². The molecule has 4 heteroatoms. The van der Waals surface area contributed by atoms with Gasteiger partial charge in [-0.05, 0) is 25.1 Å². The minimum atomic E-state index is 0.692. The zero-order chi connectivity index (χ0) is 10.7. The van der Waals surface area contributed by atoms with Crippen molar-refractivity contribution in [3.63, 3.8) is 0 Å². The van der Waals surface area contributed by atoms with Crippen molar-refractivity contribution in [1.82, 2.24) is 14.3 Å². The largest absolute Gasteiger partial charge is 0.347 e. The number of nitrogens with two attached hydrogens (primary N) is 1. The third-order valence-corrected chi connectivity index (χ3v) is 2.44. The summed E-state index contributed by atoms with van der Waals surface area (Å²) in [6.07, 6.45) is 6.93. The first-order valence-electron chi connectivity index (χ1n) is 5.11. The number of nitrogens with zero attached hydrogens (tertiary/aromatic N) is 3. The van der Waals surface area contributed by atoms with Crippen LogP contribution in [-0.4, -0.2) is 20.9 Å². The first-order chi connectivity index (χ1) is 7.29. The monoisotopic (exact) mass is 204 g/mol. The smallest absolute Gasteiger partial charge is 0.0539 e. The lowest BCUT2D eigenvalue weighted by atomic mass is 10.3. The van der Waals surface area contributed by atoms with Crippen LogP contribution in [0, 0.1) is 0 Å². The fourth-order valence-corrected chi connectivity index (χ4v) is 1.73. The molecule has 0 aliphatic rings. The third kappa shape index (κ3) is 2.27. The maximum Gasteiger partial charge on any atom is 0.0539 e. The van der Waals surface area contributed by atoms with E-state index in [0.29, 0.717) is 6.54 Å². The van der Waals surface area contributed by atoms with Crippen LogP contribution in [0.1, 0.15) is 11.3 Å². The Kier molecular flexibility index (Phi) is 2.87. The van der Waals surface area contributed by atoms with E-state index in [1.54, 1.807) is 0 Å². The number of aromatic nitrogens is 3. The van der Waals surface area contributed by atoms with E-state index in [1.165, 1.54) is 11.3 Å². The van der Waals surface area contributed by atoms with E-state index in [-0.39, 0.29) is 0 Å². The first kappa shape index (κ1) is 9.98. The second kappa shape index (κ2) is 4.31. The topological polar surface area (TPSA) is 48.8 Å². The Bertz CT molecular complexity index is 427.